The maximum absolute atomic E-state index is 14.2. The third kappa shape index (κ3) is 2.60. The Morgan fingerprint density at radius 3 is 2.63 bits per heavy atom. The molecule has 0 aliphatic carbocycles. The Morgan fingerprint density at radius 2 is 2.00 bits per heavy atom. The van der Waals surface area contributed by atoms with E-state index in [1.807, 2.05) is 0 Å². The molecule has 0 saturated heterocycles. The molecule has 1 aromatic carbocycles. The average Bonchev–Trinajstić information content (AvgIpc) is 2.40. The number of hydrogen-bond donors (Lipinski definition) is 1. The fourth-order valence-electron chi connectivity index (χ4n) is 1.97. The van der Waals surface area contributed by atoms with Crippen LogP contribution >= 0.6 is 11.6 Å². The summed E-state index contributed by atoms with van der Waals surface area (Å²) in [6, 6.07) is 5.23. The van der Waals surface area contributed by atoms with Crippen LogP contribution in [0.15, 0.2) is 30.5 Å². The van der Waals surface area contributed by atoms with Crippen molar-refractivity contribution >= 4 is 11.6 Å². The molecule has 0 bridgehead atoms. The van der Waals surface area contributed by atoms with Crippen LogP contribution in [0.3, 0.4) is 0 Å². The van der Waals surface area contributed by atoms with Crippen molar-refractivity contribution in [1.82, 2.24) is 10.3 Å². The van der Waals surface area contributed by atoms with E-state index in [9.17, 15) is 8.78 Å². The Balaban J connectivity index is 2.61. The Hall–Kier alpha value is -1.52. The summed E-state index contributed by atoms with van der Waals surface area (Å²) in [7, 11) is 1.61. The molecule has 0 radical (unpaired) electrons. The van der Waals surface area contributed by atoms with Gasteiger partial charge in [0.2, 0.25) is 0 Å². The van der Waals surface area contributed by atoms with Crippen molar-refractivity contribution in [3.63, 3.8) is 0 Å². The lowest BCUT2D eigenvalue weighted by atomic mass is 9.99. The topological polar surface area (TPSA) is 24.9 Å². The fourth-order valence-corrected chi connectivity index (χ4v) is 2.20. The van der Waals surface area contributed by atoms with Crippen LogP contribution in [0.4, 0.5) is 8.78 Å². The maximum Gasteiger partial charge on any atom is 0.134 e. The molecule has 100 valence electrons. The molecule has 2 rings (SSSR count). The van der Waals surface area contributed by atoms with Crippen molar-refractivity contribution in [1.29, 1.82) is 0 Å². The van der Waals surface area contributed by atoms with Gasteiger partial charge in [-0.25, -0.2) is 8.78 Å². The summed E-state index contributed by atoms with van der Waals surface area (Å²) < 4.78 is 28.1. The van der Waals surface area contributed by atoms with Crippen LogP contribution in [0.25, 0.3) is 0 Å². The summed E-state index contributed by atoms with van der Waals surface area (Å²) in [6.07, 6.45) is 1.54. The molecule has 1 heterocycles. The van der Waals surface area contributed by atoms with E-state index in [2.05, 4.69) is 10.3 Å². The largest absolute Gasteiger partial charge is 0.308 e. The second-order valence-electron chi connectivity index (χ2n) is 4.18. The van der Waals surface area contributed by atoms with Crippen LogP contribution in [0.1, 0.15) is 22.9 Å². The van der Waals surface area contributed by atoms with E-state index >= 15 is 0 Å². The van der Waals surface area contributed by atoms with Gasteiger partial charge < -0.3 is 5.32 Å². The molecular weight excluding hydrogens is 270 g/mol. The molecule has 1 aromatic heterocycles. The number of halogens is 3. The number of pyridine rings is 1. The van der Waals surface area contributed by atoms with Gasteiger partial charge in [0.25, 0.3) is 0 Å². The number of rotatable bonds is 3. The van der Waals surface area contributed by atoms with E-state index in [1.54, 1.807) is 26.1 Å². The molecule has 2 nitrogen and oxygen atoms in total. The quantitative estimate of drug-likeness (QED) is 0.930. The molecule has 19 heavy (non-hydrogen) atoms. The lowest BCUT2D eigenvalue weighted by molar-refractivity contribution is 0.513. The van der Waals surface area contributed by atoms with Crippen molar-refractivity contribution < 1.29 is 8.78 Å². The highest BCUT2D eigenvalue weighted by atomic mass is 35.5. The van der Waals surface area contributed by atoms with Crippen LogP contribution in [0.5, 0.6) is 0 Å². The van der Waals surface area contributed by atoms with E-state index < -0.39 is 17.7 Å². The zero-order chi connectivity index (χ0) is 14.0. The first-order valence-corrected chi connectivity index (χ1v) is 6.16. The van der Waals surface area contributed by atoms with Gasteiger partial charge in [-0.05, 0) is 37.7 Å². The van der Waals surface area contributed by atoms with Gasteiger partial charge in [0.05, 0.1) is 16.8 Å². The molecule has 1 N–H and O–H groups in total. The van der Waals surface area contributed by atoms with Gasteiger partial charge in [-0.3, -0.25) is 4.98 Å². The smallest absolute Gasteiger partial charge is 0.134 e. The Kier molecular flexibility index (Phi) is 4.12. The minimum absolute atomic E-state index is 0.0666. The summed E-state index contributed by atoms with van der Waals surface area (Å²) >= 11 is 6.04. The van der Waals surface area contributed by atoms with Crippen molar-refractivity contribution in [2.24, 2.45) is 0 Å². The Morgan fingerprint density at radius 1 is 1.26 bits per heavy atom. The van der Waals surface area contributed by atoms with Gasteiger partial charge >= 0.3 is 0 Å². The minimum atomic E-state index is -0.728. The van der Waals surface area contributed by atoms with Crippen LogP contribution in [-0.2, 0) is 0 Å². The van der Waals surface area contributed by atoms with Gasteiger partial charge in [-0.2, -0.15) is 0 Å². The van der Waals surface area contributed by atoms with Crippen molar-refractivity contribution in [2.75, 3.05) is 7.05 Å². The summed E-state index contributed by atoms with van der Waals surface area (Å²) in [4.78, 5) is 4.11. The third-order valence-corrected chi connectivity index (χ3v) is 3.28. The summed E-state index contributed by atoms with van der Waals surface area (Å²) in [5.41, 5.74) is 0.710. The second-order valence-corrected chi connectivity index (χ2v) is 4.59. The van der Waals surface area contributed by atoms with Crippen molar-refractivity contribution in [3.05, 3.63) is 63.9 Å². The molecule has 0 spiro atoms. The van der Waals surface area contributed by atoms with Crippen molar-refractivity contribution in [2.45, 2.75) is 13.0 Å². The van der Waals surface area contributed by atoms with E-state index in [0.717, 1.165) is 0 Å². The van der Waals surface area contributed by atoms with Gasteiger partial charge in [0.15, 0.2) is 0 Å². The fraction of sp³-hybridized carbons (Fsp3) is 0.214. The van der Waals surface area contributed by atoms with Crippen LogP contribution in [0.2, 0.25) is 5.02 Å². The first kappa shape index (κ1) is 13.9. The van der Waals surface area contributed by atoms with Crippen molar-refractivity contribution in [3.8, 4) is 0 Å². The van der Waals surface area contributed by atoms with Crippen LogP contribution in [0, 0.1) is 18.6 Å². The highest BCUT2D eigenvalue weighted by Gasteiger charge is 2.24. The average molecular weight is 283 g/mol. The molecule has 0 aliphatic rings. The van der Waals surface area contributed by atoms with E-state index in [4.69, 9.17) is 11.6 Å². The summed E-state index contributed by atoms with van der Waals surface area (Å²) in [5, 5.41) is 3.22. The van der Waals surface area contributed by atoms with Gasteiger partial charge in [-0.15, -0.1) is 0 Å². The highest BCUT2D eigenvalue weighted by Crippen LogP contribution is 2.30. The predicted molar refractivity (Wildman–Crippen MR) is 71.2 cm³/mol. The first-order chi connectivity index (χ1) is 9.06. The van der Waals surface area contributed by atoms with Gasteiger partial charge in [0.1, 0.15) is 11.6 Å². The zero-order valence-corrected chi connectivity index (χ0v) is 11.3. The minimum Gasteiger partial charge on any atom is -0.308 e. The highest BCUT2D eigenvalue weighted by molar-refractivity contribution is 6.31. The molecule has 0 fully saturated rings. The first-order valence-electron chi connectivity index (χ1n) is 5.78. The second kappa shape index (κ2) is 5.63. The summed E-state index contributed by atoms with van der Waals surface area (Å²) in [5.74, 6) is -1.20. The SMILES string of the molecule is CNC(c1ncccc1Cl)c1c(F)ccc(C)c1F. The predicted octanol–water partition coefficient (Wildman–Crippen LogP) is 3.63. The molecule has 0 amide bonds. The Bertz CT molecular complexity index is 602. The van der Waals surface area contributed by atoms with E-state index in [1.165, 1.54) is 18.3 Å². The lowest BCUT2D eigenvalue weighted by Gasteiger charge is -2.19. The monoisotopic (exact) mass is 282 g/mol. The molecule has 2 aromatic rings. The lowest BCUT2D eigenvalue weighted by Crippen LogP contribution is -2.22. The van der Waals surface area contributed by atoms with Crippen LogP contribution in [-0.4, -0.2) is 12.0 Å². The number of nitrogens with zero attached hydrogens (tertiary/aromatic N) is 1. The molecule has 1 unspecified atom stereocenters. The third-order valence-electron chi connectivity index (χ3n) is 2.96. The van der Waals surface area contributed by atoms with E-state index in [0.29, 0.717) is 16.3 Å². The molecule has 0 aliphatic heterocycles. The number of hydrogen-bond acceptors (Lipinski definition) is 2. The molecule has 5 heteroatoms. The normalized spacial score (nSPS) is 12.5. The molecular formula is C14H13ClF2N2. The maximum atomic E-state index is 14.2. The Labute approximate surface area is 115 Å². The zero-order valence-electron chi connectivity index (χ0n) is 10.5. The van der Waals surface area contributed by atoms with E-state index in [-0.39, 0.29) is 5.56 Å². The number of benzene rings is 1. The number of aryl methyl sites for hydroxylation is 1. The van der Waals surface area contributed by atoms with Gasteiger partial charge in [0, 0.05) is 11.8 Å². The standard InChI is InChI=1S/C14H13ClF2N2/c1-8-5-6-10(16)11(12(8)17)14(18-2)13-9(15)4-3-7-19-13/h3-7,14,18H,1-2H3. The van der Waals surface area contributed by atoms with Gasteiger partial charge in [-0.1, -0.05) is 17.7 Å². The molecule has 0 saturated carbocycles. The summed E-state index contributed by atoms with van der Waals surface area (Å²) in [6.45, 7) is 1.59. The number of aromatic nitrogens is 1. The number of nitrogens with one attached hydrogen (secondary N) is 1. The molecule has 1 atom stereocenters. The van der Waals surface area contributed by atoms with Crippen LogP contribution < -0.4 is 5.32 Å².